The third-order valence-electron chi connectivity index (χ3n) is 3.14. The summed E-state index contributed by atoms with van der Waals surface area (Å²) in [5.74, 6) is 0.0422. The molecule has 3 unspecified atom stereocenters. The molecule has 3 nitrogen and oxygen atoms in total. The van der Waals surface area contributed by atoms with Crippen molar-refractivity contribution >= 4 is 5.97 Å². The molecule has 0 spiro atoms. The van der Waals surface area contributed by atoms with E-state index in [4.69, 9.17) is 9.47 Å². The number of hydrogen-bond donors (Lipinski definition) is 0. The van der Waals surface area contributed by atoms with Crippen molar-refractivity contribution in [1.29, 1.82) is 0 Å². The van der Waals surface area contributed by atoms with Crippen LogP contribution in [0.15, 0.2) is 0 Å². The molecule has 1 aliphatic carbocycles. The van der Waals surface area contributed by atoms with Gasteiger partial charge in [-0.15, -0.1) is 0 Å². The average Bonchev–Trinajstić information content (AvgIpc) is 2.75. The molecule has 74 valence electrons. The molecule has 0 radical (unpaired) electrons. The fourth-order valence-corrected chi connectivity index (χ4v) is 2.12. The zero-order valence-corrected chi connectivity index (χ0v) is 8.21. The molecule has 0 aromatic carbocycles. The van der Waals surface area contributed by atoms with E-state index in [1.807, 2.05) is 6.92 Å². The number of fused-ring (bicyclic) bond motifs is 1. The predicted octanol–water partition coefficient (Wildman–Crippen LogP) is 1.51. The number of rotatable bonds is 2. The standard InChI is InChI=1S/C10H16O3/c1-3-12-9(11)7-4-5-10(2)8(6-7)13-10/h7-8H,3-6H2,1-2H3. The summed E-state index contributed by atoms with van der Waals surface area (Å²) in [4.78, 5) is 11.4. The smallest absolute Gasteiger partial charge is 0.309 e. The minimum atomic E-state index is -0.0416. The summed E-state index contributed by atoms with van der Waals surface area (Å²) in [6.45, 7) is 4.45. The summed E-state index contributed by atoms with van der Waals surface area (Å²) in [6.07, 6.45) is 3.10. The van der Waals surface area contributed by atoms with Gasteiger partial charge in [-0.2, -0.15) is 0 Å². The number of carbonyl (C=O) groups excluding carboxylic acids is 1. The fraction of sp³-hybridized carbons (Fsp3) is 0.900. The van der Waals surface area contributed by atoms with Gasteiger partial charge in [0.15, 0.2) is 0 Å². The van der Waals surface area contributed by atoms with Crippen LogP contribution in [0.3, 0.4) is 0 Å². The van der Waals surface area contributed by atoms with E-state index in [-0.39, 0.29) is 17.5 Å². The lowest BCUT2D eigenvalue weighted by Crippen LogP contribution is -2.27. The first kappa shape index (κ1) is 9.00. The Morgan fingerprint density at radius 1 is 1.69 bits per heavy atom. The van der Waals surface area contributed by atoms with Gasteiger partial charge in [0.1, 0.15) is 0 Å². The third-order valence-corrected chi connectivity index (χ3v) is 3.14. The van der Waals surface area contributed by atoms with Gasteiger partial charge in [0.25, 0.3) is 0 Å². The monoisotopic (exact) mass is 184 g/mol. The Morgan fingerprint density at radius 3 is 3.08 bits per heavy atom. The van der Waals surface area contributed by atoms with Crippen LogP contribution in [0.1, 0.15) is 33.1 Å². The van der Waals surface area contributed by atoms with Crippen LogP contribution in [0.25, 0.3) is 0 Å². The van der Waals surface area contributed by atoms with E-state index >= 15 is 0 Å². The Hall–Kier alpha value is -0.570. The molecule has 2 aliphatic rings. The molecule has 0 bridgehead atoms. The number of ether oxygens (including phenoxy) is 2. The van der Waals surface area contributed by atoms with E-state index in [2.05, 4.69) is 6.92 Å². The van der Waals surface area contributed by atoms with Gasteiger partial charge in [0, 0.05) is 0 Å². The Kier molecular flexibility index (Phi) is 2.06. The first-order chi connectivity index (χ1) is 6.15. The SMILES string of the molecule is CCOC(=O)C1CCC2(C)OC2C1. The van der Waals surface area contributed by atoms with Crippen molar-refractivity contribution in [1.82, 2.24) is 0 Å². The van der Waals surface area contributed by atoms with Crippen LogP contribution in [0.4, 0.5) is 0 Å². The van der Waals surface area contributed by atoms with Crippen molar-refractivity contribution < 1.29 is 14.3 Å². The highest BCUT2D eigenvalue weighted by atomic mass is 16.6. The highest BCUT2D eigenvalue weighted by Crippen LogP contribution is 2.49. The first-order valence-corrected chi connectivity index (χ1v) is 5.00. The van der Waals surface area contributed by atoms with Crippen LogP contribution in [0.2, 0.25) is 0 Å². The van der Waals surface area contributed by atoms with Crippen LogP contribution in [-0.4, -0.2) is 24.3 Å². The number of carbonyl (C=O) groups is 1. The van der Waals surface area contributed by atoms with Crippen LogP contribution in [0.5, 0.6) is 0 Å². The Bertz CT molecular complexity index is 226. The zero-order valence-electron chi connectivity index (χ0n) is 8.21. The summed E-state index contributed by atoms with van der Waals surface area (Å²) in [5, 5.41) is 0. The molecule has 2 fully saturated rings. The first-order valence-electron chi connectivity index (χ1n) is 5.00. The van der Waals surface area contributed by atoms with Crippen molar-refractivity contribution in [3.8, 4) is 0 Å². The van der Waals surface area contributed by atoms with Gasteiger partial charge in [-0.05, 0) is 33.1 Å². The van der Waals surface area contributed by atoms with Gasteiger partial charge < -0.3 is 9.47 Å². The molecule has 1 aliphatic heterocycles. The van der Waals surface area contributed by atoms with Gasteiger partial charge in [-0.3, -0.25) is 4.79 Å². The molecule has 3 heteroatoms. The Balaban J connectivity index is 1.87. The maximum atomic E-state index is 11.4. The van der Waals surface area contributed by atoms with Crippen LogP contribution in [0, 0.1) is 5.92 Å². The summed E-state index contributed by atoms with van der Waals surface area (Å²) in [7, 11) is 0. The van der Waals surface area contributed by atoms with E-state index in [0.717, 1.165) is 19.3 Å². The van der Waals surface area contributed by atoms with Crippen molar-refractivity contribution in [2.24, 2.45) is 5.92 Å². The lowest BCUT2D eigenvalue weighted by Gasteiger charge is -2.20. The average molecular weight is 184 g/mol. The van der Waals surface area contributed by atoms with Crippen molar-refractivity contribution in [2.75, 3.05) is 6.61 Å². The molecule has 1 saturated carbocycles. The molecule has 0 aromatic rings. The normalized spacial score (nSPS) is 42.3. The summed E-state index contributed by atoms with van der Waals surface area (Å²) < 4.78 is 10.5. The molecule has 1 saturated heterocycles. The quantitative estimate of drug-likeness (QED) is 0.482. The lowest BCUT2D eigenvalue weighted by molar-refractivity contribution is -0.149. The van der Waals surface area contributed by atoms with E-state index in [9.17, 15) is 4.79 Å². The molecular weight excluding hydrogens is 168 g/mol. The second-order valence-corrected chi connectivity index (χ2v) is 4.14. The predicted molar refractivity (Wildman–Crippen MR) is 47.3 cm³/mol. The highest BCUT2D eigenvalue weighted by molar-refractivity contribution is 5.72. The fourth-order valence-electron chi connectivity index (χ4n) is 2.12. The van der Waals surface area contributed by atoms with Gasteiger partial charge in [-0.25, -0.2) is 0 Å². The van der Waals surface area contributed by atoms with Crippen molar-refractivity contribution in [3.63, 3.8) is 0 Å². The molecule has 0 amide bonds. The van der Waals surface area contributed by atoms with Crippen LogP contribution in [-0.2, 0) is 14.3 Å². The molecule has 0 N–H and O–H groups in total. The van der Waals surface area contributed by atoms with E-state index in [0.29, 0.717) is 12.7 Å². The minimum absolute atomic E-state index is 0.0416. The zero-order chi connectivity index (χ0) is 9.47. The Labute approximate surface area is 78.4 Å². The largest absolute Gasteiger partial charge is 0.466 e. The molecular formula is C10H16O3. The maximum Gasteiger partial charge on any atom is 0.309 e. The molecule has 2 rings (SSSR count). The van der Waals surface area contributed by atoms with Crippen molar-refractivity contribution in [3.05, 3.63) is 0 Å². The van der Waals surface area contributed by atoms with Gasteiger partial charge in [0.2, 0.25) is 0 Å². The lowest BCUT2D eigenvalue weighted by atomic mass is 9.83. The minimum Gasteiger partial charge on any atom is -0.466 e. The maximum absolute atomic E-state index is 11.4. The van der Waals surface area contributed by atoms with Gasteiger partial charge in [-0.1, -0.05) is 0 Å². The van der Waals surface area contributed by atoms with Crippen LogP contribution >= 0.6 is 0 Å². The molecule has 0 aromatic heterocycles. The molecule has 13 heavy (non-hydrogen) atoms. The van der Waals surface area contributed by atoms with E-state index in [1.165, 1.54) is 0 Å². The highest BCUT2D eigenvalue weighted by Gasteiger charge is 2.56. The Morgan fingerprint density at radius 2 is 2.46 bits per heavy atom. The molecule has 3 atom stereocenters. The van der Waals surface area contributed by atoms with Crippen LogP contribution < -0.4 is 0 Å². The number of hydrogen-bond acceptors (Lipinski definition) is 3. The summed E-state index contributed by atoms with van der Waals surface area (Å²) in [6, 6.07) is 0. The van der Waals surface area contributed by atoms with E-state index < -0.39 is 0 Å². The molecule has 1 heterocycles. The van der Waals surface area contributed by atoms with E-state index in [1.54, 1.807) is 0 Å². The van der Waals surface area contributed by atoms with Gasteiger partial charge in [0.05, 0.1) is 24.2 Å². The number of esters is 1. The van der Waals surface area contributed by atoms with Crippen molar-refractivity contribution in [2.45, 2.75) is 44.8 Å². The summed E-state index contributed by atoms with van der Waals surface area (Å²) >= 11 is 0. The third kappa shape index (κ3) is 1.57. The second kappa shape index (κ2) is 2.98. The number of epoxide rings is 1. The summed E-state index contributed by atoms with van der Waals surface area (Å²) in [5.41, 5.74) is 0.100. The topological polar surface area (TPSA) is 38.8 Å². The van der Waals surface area contributed by atoms with Gasteiger partial charge >= 0.3 is 5.97 Å². The second-order valence-electron chi connectivity index (χ2n) is 4.14.